The number of rotatable bonds is 1. The first-order valence-electron chi connectivity index (χ1n) is 4.17. The molecule has 0 saturated heterocycles. The molecule has 1 radical (unpaired) electrons. The number of carbonyl (C=O) groups is 1. The van der Waals surface area contributed by atoms with E-state index in [0.29, 0.717) is 16.4 Å². The maximum absolute atomic E-state index is 11.4. The summed E-state index contributed by atoms with van der Waals surface area (Å²) in [6.45, 7) is 1.77. The van der Waals surface area contributed by atoms with Gasteiger partial charge in [-0.2, -0.15) is 10.1 Å². The molecule has 0 N–H and O–H groups in total. The van der Waals surface area contributed by atoms with E-state index in [0.717, 1.165) is 0 Å². The van der Waals surface area contributed by atoms with Crippen LogP contribution in [0.3, 0.4) is 0 Å². The number of benzene rings is 1. The summed E-state index contributed by atoms with van der Waals surface area (Å²) in [7, 11) is 0. The minimum absolute atomic E-state index is 0.157. The summed E-state index contributed by atoms with van der Waals surface area (Å²) in [6, 6.07) is 7.12. The molecule has 0 atom stereocenters. The van der Waals surface area contributed by atoms with E-state index in [9.17, 15) is 4.79 Å². The highest BCUT2D eigenvalue weighted by Gasteiger charge is 2.24. The lowest BCUT2D eigenvalue weighted by atomic mass is 10.3. The van der Waals surface area contributed by atoms with E-state index in [-0.39, 0.29) is 5.91 Å². The minimum Gasteiger partial charge on any atom is -0.272 e. The largest absolute Gasteiger partial charge is 0.272 e. The number of para-hydroxylation sites is 1. The molecule has 2 rings (SSSR count). The molecule has 0 aromatic heterocycles. The highest BCUT2D eigenvalue weighted by molar-refractivity contribution is 6.34. The maximum atomic E-state index is 11.4. The summed E-state index contributed by atoms with van der Waals surface area (Å²) in [4.78, 5) is 11.4. The zero-order valence-corrected chi connectivity index (χ0v) is 8.32. The van der Waals surface area contributed by atoms with Crippen LogP contribution in [0.1, 0.15) is 6.92 Å². The Balaban J connectivity index is 2.41. The number of amides is 1. The van der Waals surface area contributed by atoms with Crippen LogP contribution in [0, 0.1) is 6.42 Å². The van der Waals surface area contributed by atoms with Crippen molar-refractivity contribution >= 4 is 28.9 Å². The van der Waals surface area contributed by atoms with Crippen molar-refractivity contribution in [3.8, 4) is 0 Å². The normalized spacial score (nSPS) is 16.0. The lowest BCUT2D eigenvalue weighted by Gasteiger charge is -2.12. The molecular formula is C10H8ClN2O. The summed E-state index contributed by atoms with van der Waals surface area (Å²) >= 11 is 5.94. The van der Waals surface area contributed by atoms with Gasteiger partial charge in [0, 0.05) is 5.71 Å². The first-order valence-corrected chi connectivity index (χ1v) is 4.55. The molecule has 4 heteroatoms. The van der Waals surface area contributed by atoms with Gasteiger partial charge in [0.1, 0.15) is 0 Å². The Kier molecular flexibility index (Phi) is 2.25. The molecule has 0 unspecified atom stereocenters. The molecule has 1 heterocycles. The highest BCUT2D eigenvalue weighted by atomic mass is 35.5. The Morgan fingerprint density at radius 2 is 2.07 bits per heavy atom. The van der Waals surface area contributed by atoms with Crippen molar-refractivity contribution in [3.05, 3.63) is 35.7 Å². The quantitative estimate of drug-likeness (QED) is 0.695. The molecule has 1 amide bonds. The van der Waals surface area contributed by atoms with Gasteiger partial charge in [0.15, 0.2) is 0 Å². The molecule has 0 bridgehead atoms. The SMILES string of the molecule is CC1=NN(c2ccccc2Cl)C(=O)[CH]1. The van der Waals surface area contributed by atoms with E-state index < -0.39 is 0 Å². The van der Waals surface area contributed by atoms with Gasteiger partial charge in [-0.15, -0.1) is 0 Å². The Morgan fingerprint density at radius 3 is 2.64 bits per heavy atom. The van der Waals surface area contributed by atoms with Gasteiger partial charge in [-0.25, -0.2) is 0 Å². The average molecular weight is 208 g/mol. The highest BCUT2D eigenvalue weighted by Crippen LogP contribution is 2.27. The second-order valence-corrected chi connectivity index (χ2v) is 3.39. The van der Waals surface area contributed by atoms with Crippen molar-refractivity contribution in [3.63, 3.8) is 0 Å². The lowest BCUT2D eigenvalue weighted by Crippen LogP contribution is -2.20. The third kappa shape index (κ3) is 1.51. The van der Waals surface area contributed by atoms with Crippen molar-refractivity contribution in [2.24, 2.45) is 5.10 Å². The second-order valence-electron chi connectivity index (χ2n) is 2.99. The van der Waals surface area contributed by atoms with Crippen LogP contribution in [0.15, 0.2) is 29.4 Å². The first-order chi connectivity index (χ1) is 6.68. The molecule has 1 aliphatic heterocycles. The predicted molar refractivity (Wildman–Crippen MR) is 56.3 cm³/mol. The van der Waals surface area contributed by atoms with Crippen molar-refractivity contribution in [2.45, 2.75) is 6.92 Å². The fraction of sp³-hybridized carbons (Fsp3) is 0.100. The third-order valence-electron chi connectivity index (χ3n) is 1.88. The standard InChI is InChI=1S/C10H8ClN2O/c1-7-6-10(14)13(12-7)9-5-3-2-4-8(9)11/h2-6H,1H3. The van der Waals surface area contributed by atoms with Crippen molar-refractivity contribution in [1.29, 1.82) is 0 Å². The molecule has 1 aromatic carbocycles. The van der Waals surface area contributed by atoms with Crippen molar-refractivity contribution in [1.82, 2.24) is 0 Å². The zero-order chi connectivity index (χ0) is 10.1. The van der Waals surface area contributed by atoms with Crippen LogP contribution < -0.4 is 5.01 Å². The Hall–Kier alpha value is -1.35. The van der Waals surface area contributed by atoms with Crippen LogP contribution in [-0.4, -0.2) is 11.6 Å². The molecule has 1 aliphatic rings. The van der Waals surface area contributed by atoms with Crippen LogP contribution in [0.5, 0.6) is 0 Å². The Morgan fingerprint density at radius 1 is 1.36 bits per heavy atom. The summed E-state index contributed by atoms with van der Waals surface area (Å²) < 4.78 is 0. The van der Waals surface area contributed by atoms with E-state index in [1.165, 1.54) is 11.4 Å². The third-order valence-corrected chi connectivity index (χ3v) is 2.20. The van der Waals surface area contributed by atoms with Gasteiger partial charge >= 0.3 is 0 Å². The van der Waals surface area contributed by atoms with Gasteiger partial charge in [-0.1, -0.05) is 23.7 Å². The fourth-order valence-corrected chi connectivity index (χ4v) is 1.49. The monoisotopic (exact) mass is 207 g/mol. The Labute approximate surface area is 87.0 Å². The van der Waals surface area contributed by atoms with Crippen LogP contribution in [-0.2, 0) is 4.79 Å². The molecule has 1 aromatic rings. The van der Waals surface area contributed by atoms with Crippen LogP contribution in [0.4, 0.5) is 5.69 Å². The van der Waals surface area contributed by atoms with E-state index in [2.05, 4.69) is 5.10 Å². The predicted octanol–water partition coefficient (Wildman–Crippen LogP) is 2.27. The zero-order valence-electron chi connectivity index (χ0n) is 7.57. The van der Waals surface area contributed by atoms with E-state index in [1.54, 1.807) is 19.1 Å². The van der Waals surface area contributed by atoms with E-state index in [1.807, 2.05) is 12.1 Å². The molecule has 3 nitrogen and oxygen atoms in total. The number of anilines is 1. The van der Waals surface area contributed by atoms with E-state index in [4.69, 9.17) is 11.6 Å². The molecule has 0 spiro atoms. The van der Waals surface area contributed by atoms with Crippen molar-refractivity contribution < 1.29 is 4.79 Å². The van der Waals surface area contributed by atoms with E-state index >= 15 is 0 Å². The summed E-state index contributed by atoms with van der Waals surface area (Å²) in [5.41, 5.74) is 1.31. The van der Waals surface area contributed by atoms with Gasteiger partial charge in [-0.05, 0) is 19.1 Å². The molecule has 0 aliphatic carbocycles. The molecule has 14 heavy (non-hydrogen) atoms. The van der Waals surface area contributed by atoms with Gasteiger partial charge < -0.3 is 0 Å². The van der Waals surface area contributed by atoms with Crippen molar-refractivity contribution in [2.75, 3.05) is 5.01 Å². The van der Waals surface area contributed by atoms with Gasteiger partial charge in [0.2, 0.25) is 0 Å². The van der Waals surface area contributed by atoms with Crippen LogP contribution in [0.2, 0.25) is 5.02 Å². The topological polar surface area (TPSA) is 32.7 Å². The molecule has 0 saturated carbocycles. The smallest absolute Gasteiger partial charge is 0.257 e. The number of nitrogens with zero attached hydrogens (tertiary/aromatic N) is 2. The van der Waals surface area contributed by atoms with Crippen LogP contribution >= 0.6 is 11.6 Å². The number of hydrogen-bond acceptors (Lipinski definition) is 2. The van der Waals surface area contributed by atoms with Crippen LogP contribution in [0.25, 0.3) is 0 Å². The minimum atomic E-state index is -0.157. The lowest BCUT2D eigenvalue weighted by molar-refractivity contribution is -0.114. The average Bonchev–Trinajstić information content (AvgIpc) is 2.46. The molecular weight excluding hydrogens is 200 g/mol. The number of halogens is 1. The summed E-state index contributed by atoms with van der Waals surface area (Å²) in [5.74, 6) is -0.157. The second kappa shape index (κ2) is 3.42. The van der Waals surface area contributed by atoms with Gasteiger partial charge in [-0.3, -0.25) is 4.79 Å². The fourth-order valence-electron chi connectivity index (χ4n) is 1.27. The maximum Gasteiger partial charge on any atom is 0.257 e. The Bertz CT molecular complexity index is 414. The number of carbonyl (C=O) groups excluding carboxylic acids is 1. The molecule has 71 valence electrons. The van der Waals surface area contributed by atoms with Gasteiger partial charge in [0.25, 0.3) is 5.91 Å². The number of hydrogen-bond donors (Lipinski definition) is 0. The summed E-state index contributed by atoms with van der Waals surface area (Å²) in [5, 5.41) is 5.89. The van der Waals surface area contributed by atoms with Gasteiger partial charge in [0.05, 0.1) is 17.1 Å². The first kappa shape index (κ1) is 9.21. The molecule has 0 fully saturated rings. The number of hydrazone groups is 1. The summed E-state index contributed by atoms with van der Waals surface area (Å²) in [6.07, 6.45) is 1.48.